The standard InChI is InChI=1S/C17H17F3N2O/c18-13-6-7-14(17(20)16(13)19)22-15(23)9-11-21-10-8-12-4-2-1-3-5-12/h1-7,21H,8-11H2,(H,22,23). The van der Waals surface area contributed by atoms with Crippen LogP contribution >= 0.6 is 0 Å². The normalized spacial score (nSPS) is 10.6. The molecule has 0 saturated heterocycles. The third-order valence-corrected chi connectivity index (χ3v) is 3.27. The Morgan fingerprint density at radius 1 is 0.913 bits per heavy atom. The van der Waals surface area contributed by atoms with Crippen molar-refractivity contribution in [2.45, 2.75) is 12.8 Å². The van der Waals surface area contributed by atoms with Crippen molar-refractivity contribution < 1.29 is 18.0 Å². The molecule has 23 heavy (non-hydrogen) atoms. The van der Waals surface area contributed by atoms with Gasteiger partial charge in [-0.2, -0.15) is 0 Å². The van der Waals surface area contributed by atoms with E-state index >= 15 is 0 Å². The molecule has 2 aromatic carbocycles. The van der Waals surface area contributed by atoms with Crippen LogP contribution in [0, 0.1) is 17.5 Å². The number of amides is 1. The van der Waals surface area contributed by atoms with Crippen LogP contribution in [-0.2, 0) is 11.2 Å². The van der Waals surface area contributed by atoms with Crippen LogP contribution in [0.15, 0.2) is 42.5 Å². The smallest absolute Gasteiger partial charge is 0.225 e. The van der Waals surface area contributed by atoms with E-state index in [1.54, 1.807) is 0 Å². The monoisotopic (exact) mass is 322 g/mol. The largest absolute Gasteiger partial charge is 0.323 e. The predicted molar refractivity (Wildman–Crippen MR) is 82.6 cm³/mol. The Kier molecular flexibility index (Phi) is 6.17. The fraction of sp³-hybridized carbons (Fsp3) is 0.235. The van der Waals surface area contributed by atoms with E-state index in [4.69, 9.17) is 0 Å². The summed E-state index contributed by atoms with van der Waals surface area (Å²) in [5.41, 5.74) is 0.825. The Morgan fingerprint density at radius 3 is 2.39 bits per heavy atom. The lowest BCUT2D eigenvalue weighted by atomic mass is 10.1. The first-order valence-corrected chi connectivity index (χ1v) is 7.26. The third kappa shape index (κ3) is 5.10. The molecule has 0 aliphatic heterocycles. The van der Waals surface area contributed by atoms with Crippen LogP contribution in [0.25, 0.3) is 0 Å². The molecule has 6 heteroatoms. The van der Waals surface area contributed by atoms with Gasteiger partial charge in [0.2, 0.25) is 5.91 Å². The average molecular weight is 322 g/mol. The van der Waals surface area contributed by atoms with Crippen molar-refractivity contribution in [2.24, 2.45) is 0 Å². The summed E-state index contributed by atoms with van der Waals surface area (Å²) in [6.07, 6.45) is 0.938. The van der Waals surface area contributed by atoms with E-state index in [2.05, 4.69) is 10.6 Å². The zero-order chi connectivity index (χ0) is 16.7. The van der Waals surface area contributed by atoms with Crippen LogP contribution < -0.4 is 10.6 Å². The highest BCUT2D eigenvalue weighted by Crippen LogP contribution is 2.19. The molecule has 122 valence electrons. The summed E-state index contributed by atoms with van der Waals surface area (Å²) in [5.74, 6) is -4.75. The molecule has 0 heterocycles. The summed E-state index contributed by atoms with van der Waals surface area (Å²) in [4.78, 5) is 11.7. The average Bonchev–Trinajstić information content (AvgIpc) is 2.56. The van der Waals surface area contributed by atoms with Crippen molar-refractivity contribution in [2.75, 3.05) is 18.4 Å². The van der Waals surface area contributed by atoms with E-state index < -0.39 is 23.4 Å². The van der Waals surface area contributed by atoms with Crippen molar-refractivity contribution in [3.63, 3.8) is 0 Å². The van der Waals surface area contributed by atoms with Gasteiger partial charge in [0.15, 0.2) is 17.5 Å². The molecule has 0 aromatic heterocycles. The lowest BCUT2D eigenvalue weighted by Gasteiger charge is -2.08. The molecule has 0 radical (unpaired) electrons. The van der Waals surface area contributed by atoms with E-state index in [9.17, 15) is 18.0 Å². The number of benzene rings is 2. The quantitative estimate of drug-likeness (QED) is 0.607. The zero-order valence-corrected chi connectivity index (χ0v) is 12.4. The first-order chi connectivity index (χ1) is 11.1. The molecule has 0 fully saturated rings. The summed E-state index contributed by atoms with van der Waals surface area (Å²) in [6, 6.07) is 11.7. The SMILES string of the molecule is O=C(CCNCCc1ccccc1)Nc1ccc(F)c(F)c1F. The number of rotatable bonds is 7. The molecule has 0 saturated carbocycles. The van der Waals surface area contributed by atoms with Crippen LogP contribution in [0.1, 0.15) is 12.0 Å². The lowest BCUT2D eigenvalue weighted by molar-refractivity contribution is -0.116. The zero-order valence-electron chi connectivity index (χ0n) is 12.4. The van der Waals surface area contributed by atoms with Crippen LogP contribution in [0.5, 0.6) is 0 Å². The first-order valence-electron chi connectivity index (χ1n) is 7.26. The second-order valence-electron chi connectivity index (χ2n) is 5.01. The van der Waals surface area contributed by atoms with E-state index in [1.165, 1.54) is 5.56 Å². The van der Waals surface area contributed by atoms with Crippen LogP contribution in [-0.4, -0.2) is 19.0 Å². The minimum atomic E-state index is -1.59. The molecule has 2 rings (SSSR count). The Hall–Kier alpha value is -2.34. The van der Waals surface area contributed by atoms with Gasteiger partial charge in [0.05, 0.1) is 5.69 Å². The highest BCUT2D eigenvalue weighted by molar-refractivity contribution is 5.90. The maximum absolute atomic E-state index is 13.4. The minimum absolute atomic E-state index is 0.104. The van der Waals surface area contributed by atoms with Gasteiger partial charge in [-0.25, -0.2) is 13.2 Å². The Labute approximate surface area is 132 Å². The van der Waals surface area contributed by atoms with Gasteiger partial charge in [-0.3, -0.25) is 4.79 Å². The number of carbonyl (C=O) groups is 1. The lowest BCUT2D eigenvalue weighted by Crippen LogP contribution is -2.24. The predicted octanol–water partition coefficient (Wildman–Crippen LogP) is 3.26. The molecule has 3 nitrogen and oxygen atoms in total. The van der Waals surface area contributed by atoms with Gasteiger partial charge in [-0.15, -0.1) is 0 Å². The molecular weight excluding hydrogens is 305 g/mol. The van der Waals surface area contributed by atoms with Gasteiger partial charge in [0.25, 0.3) is 0 Å². The number of anilines is 1. The van der Waals surface area contributed by atoms with Crippen molar-refractivity contribution in [3.05, 3.63) is 65.5 Å². The molecule has 2 N–H and O–H groups in total. The van der Waals surface area contributed by atoms with Gasteiger partial charge in [-0.05, 0) is 30.7 Å². The van der Waals surface area contributed by atoms with E-state index in [0.717, 1.165) is 18.6 Å². The highest BCUT2D eigenvalue weighted by atomic mass is 19.2. The topological polar surface area (TPSA) is 41.1 Å². The first kappa shape index (κ1) is 17.0. The summed E-state index contributed by atoms with van der Waals surface area (Å²) < 4.78 is 39.2. The molecule has 1 amide bonds. The van der Waals surface area contributed by atoms with Crippen LogP contribution in [0.4, 0.5) is 18.9 Å². The van der Waals surface area contributed by atoms with E-state index in [1.807, 2.05) is 30.3 Å². The Morgan fingerprint density at radius 2 is 1.65 bits per heavy atom. The van der Waals surface area contributed by atoms with Gasteiger partial charge in [0.1, 0.15) is 0 Å². The summed E-state index contributed by atoms with van der Waals surface area (Å²) in [7, 11) is 0. The van der Waals surface area contributed by atoms with Gasteiger partial charge < -0.3 is 10.6 Å². The fourth-order valence-corrected chi connectivity index (χ4v) is 2.04. The summed E-state index contributed by atoms with van der Waals surface area (Å²) in [5, 5.41) is 5.32. The van der Waals surface area contributed by atoms with Crippen LogP contribution in [0.2, 0.25) is 0 Å². The molecule has 2 aromatic rings. The summed E-state index contributed by atoms with van der Waals surface area (Å²) >= 11 is 0. The maximum Gasteiger partial charge on any atom is 0.225 e. The minimum Gasteiger partial charge on any atom is -0.323 e. The number of nitrogens with one attached hydrogen (secondary N) is 2. The van der Waals surface area contributed by atoms with Crippen molar-refractivity contribution in [3.8, 4) is 0 Å². The van der Waals surface area contributed by atoms with Gasteiger partial charge >= 0.3 is 0 Å². The van der Waals surface area contributed by atoms with Crippen LogP contribution in [0.3, 0.4) is 0 Å². The van der Waals surface area contributed by atoms with E-state index in [-0.39, 0.29) is 12.1 Å². The third-order valence-electron chi connectivity index (χ3n) is 3.27. The maximum atomic E-state index is 13.4. The fourth-order valence-electron chi connectivity index (χ4n) is 2.04. The Balaban J connectivity index is 1.70. The molecule has 0 atom stereocenters. The van der Waals surface area contributed by atoms with E-state index in [0.29, 0.717) is 13.1 Å². The number of hydrogen-bond donors (Lipinski definition) is 2. The molecule has 0 spiro atoms. The molecule has 0 bridgehead atoms. The number of hydrogen-bond acceptors (Lipinski definition) is 2. The van der Waals surface area contributed by atoms with Crippen molar-refractivity contribution in [1.29, 1.82) is 0 Å². The molecule has 0 aliphatic carbocycles. The van der Waals surface area contributed by atoms with Crippen molar-refractivity contribution >= 4 is 11.6 Å². The number of carbonyl (C=O) groups excluding carboxylic acids is 1. The highest BCUT2D eigenvalue weighted by Gasteiger charge is 2.14. The molecule has 0 unspecified atom stereocenters. The van der Waals surface area contributed by atoms with Gasteiger partial charge in [0, 0.05) is 13.0 Å². The second-order valence-corrected chi connectivity index (χ2v) is 5.01. The Bertz CT molecular complexity index is 662. The molecule has 0 aliphatic rings. The van der Waals surface area contributed by atoms with Gasteiger partial charge in [-0.1, -0.05) is 30.3 Å². The molecular formula is C17H17F3N2O. The number of halogens is 3. The second kappa shape index (κ2) is 8.33. The van der Waals surface area contributed by atoms with Crippen molar-refractivity contribution in [1.82, 2.24) is 5.32 Å². The summed E-state index contributed by atoms with van der Waals surface area (Å²) in [6.45, 7) is 1.11.